The first kappa shape index (κ1) is 18.2. The molecule has 0 bridgehead atoms. The van der Waals surface area contributed by atoms with E-state index in [1.165, 1.54) is 22.3 Å². The minimum atomic E-state index is 0.181. The number of hydrogen-bond acceptors (Lipinski definition) is 1. The third-order valence-corrected chi connectivity index (χ3v) is 5.14. The van der Waals surface area contributed by atoms with E-state index in [-0.39, 0.29) is 5.41 Å². The molecule has 28 heavy (non-hydrogen) atoms. The molecule has 0 unspecified atom stereocenters. The van der Waals surface area contributed by atoms with E-state index in [0.717, 1.165) is 16.8 Å². The highest BCUT2D eigenvalue weighted by Gasteiger charge is 2.13. The Kier molecular flexibility index (Phi) is 4.83. The molecule has 3 aromatic carbocycles. The van der Waals surface area contributed by atoms with E-state index >= 15 is 0 Å². The number of benzene rings is 3. The summed E-state index contributed by atoms with van der Waals surface area (Å²) in [6, 6.07) is 32.1. The SMILES string of the molecule is CC(C)(C)c1ccc(-c2ccc(-c3ccc(-c4ccccc4)cn3)cc2)cc1. The van der Waals surface area contributed by atoms with Crippen molar-refractivity contribution in [3.63, 3.8) is 0 Å². The van der Waals surface area contributed by atoms with Gasteiger partial charge in [0, 0.05) is 17.3 Å². The van der Waals surface area contributed by atoms with Crippen molar-refractivity contribution in [2.75, 3.05) is 0 Å². The predicted octanol–water partition coefficient (Wildman–Crippen LogP) is 7.38. The van der Waals surface area contributed by atoms with Gasteiger partial charge in [-0.25, -0.2) is 0 Å². The van der Waals surface area contributed by atoms with Gasteiger partial charge in [-0.3, -0.25) is 4.98 Å². The fourth-order valence-electron chi connectivity index (χ4n) is 3.36. The highest BCUT2D eigenvalue weighted by molar-refractivity contribution is 5.70. The van der Waals surface area contributed by atoms with Crippen molar-refractivity contribution in [3.05, 3.63) is 103 Å². The zero-order chi connectivity index (χ0) is 19.6. The molecule has 0 aliphatic heterocycles. The third kappa shape index (κ3) is 3.89. The Hall–Kier alpha value is -3.19. The van der Waals surface area contributed by atoms with E-state index < -0.39 is 0 Å². The summed E-state index contributed by atoms with van der Waals surface area (Å²) >= 11 is 0. The maximum atomic E-state index is 4.67. The molecule has 0 atom stereocenters. The third-order valence-electron chi connectivity index (χ3n) is 5.14. The van der Waals surface area contributed by atoms with E-state index in [1.807, 2.05) is 12.3 Å². The number of pyridine rings is 1. The molecule has 0 aliphatic rings. The fourth-order valence-corrected chi connectivity index (χ4v) is 3.36. The molecule has 0 saturated carbocycles. The Bertz CT molecular complexity index is 1040. The highest BCUT2D eigenvalue weighted by Crippen LogP contribution is 2.28. The van der Waals surface area contributed by atoms with Crippen LogP contribution in [0.4, 0.5) is 0 Å². The summed E-state index contributed by atoms with van der Waals surface area (Å²) in [5, 5.41) is 0. The highest BCUT2D eigenvalue weighted by atomic mass is 14.7. The Morgan fingerprint density at radius 2 is 1.00 bits per heavy atom. The summed E-state index contributed by atoms with van der Waals surface area (Å²) in [5.41, 5.74) is 8.46. The molecular weight excluding hydrogens is 338 g/mol. The summed E-state index contributed by atoms with van der Waals surface area (Å²) in [6.45, 7) is 6.73. The molecule has 1 nitrogen and oxygen atoms in total. The minimum absolute atomic E-state index is 0.181. The average molecular weight is 364 g/mol. The number of rotatable bonds is 3. The van der Waals surface area contributed by atoms with Crippen LogP contribution in [-0.2, 0) is 5.41 Å². The zero-order valence-corrected chi connectivity index (χ0v) is 16.7. The maximum absolute atomic E-state index is 4.67. The first-order valence-electron chi connectivity index (χ1n) is 9.73. The van der Waals surface area contributed by atoms with Crippen LogP contribution in [0.25, 0.3) is 33.5 Å². The van der Waals surface area contributed by atoms with E-state index in [9.17, 15) is 0 Å². The van der Waals surface area contributed by atoms with Crippen molar-refractivity contribution in [2.24, 2.45) is 0 Å². The number of nitrogens with zero attached hydrogens (tertiary/aromatic N) is 1. The van der Waals surface area contributed by atoms with Crippen LogP contribution in [0.2, 0.25) is 0 Å². The maximum Gasteiger partial charge on any atom is 0.0702 e. The molecule has 138 valence electrons. The fraction of sp³-hybridized carbons (Fsp3) is 0.148. The molecule has 0 amide bonds. The smallest absolute Gasteiger partial charge is 0.0702 e. The Labute approximate surface area is 167 Å². The van der Waals surface area contributed by atoms with E-state index in [0.29, 0.717) is 0 Å². The van der Waals surface area contributed by atoms with Crippen LogP contribution in [0, 0.1) is 0 Å². The van der Waals surface area contributed by atoms with Gasteiger partial charge in [-0.2, -0.15) is 0 Å². The predicted molar refractivity (Wildman–Crippen MR) is 119 cm³/mol. The normalized spacial score (nSPS) is 11.4. The molecule has 0 radical (unpaired) electrons. The molecule has 1 aromatic heterocycles. The summed E-state index contributed by atoms with van der Waals surface area (Å²) in [6.07, 6.45) is 1.95. The summed E-state index contributed by atoms with van der Waals surface area (Å²) in [4.78, 5) is 4.67. The molecule has 0 spiro atoms. The van der Waals surface area contributed by atoms with Gasteiger partial charge < -0.3 is 0 Å². The Morgan fingerprint density at radius 3 is 1.54 bits per heavy atom. The van der Waals surface area contributed by atoms with Crippen molar-refractivity contribution in [2.45, 2.75) is 26.2 Å². The van der Waals surface area contributed by atoms with Gasteiger partial charge in [-0.15, -0.1) is 0 Å². The summed E-state index contributed by atoms with van der Waals surface area (Å²) in [7, 11) is 0. The summed E-state index contributed by atoms with van der Waals surface area (Å²) in [5.74, 6) is 0. The molecular formula is C27H25N. The van der Waals surface area contributed by atoms with Crippen LogP contribution in [0.5, 0.6) is 0 Å². The van der Waals surface area contributed by atoms with Gasteiger partial charge in [0.2, 0.25) is 0 Å². The Morgan fingerprint density at radius 1 is 0.500 bits per heavy atom. The van der Waals surface area contributed by atoms with Crippen LogP contribution in [0.3, 0.4) is 0 Å². The van der Waals surface area contributed by atoms with Gasteiger partial charge in [-0.1, -0.05) is 106 Å². The lowest BCUT2D eigenvalue weighted by Crippen LogP contribution is -2.10. The number of aromatic nitrogens is 1. The monoisotopic (exact) mass is 363 g/mol. The lowest BCUT2D eigenvalue weighted by atomic mass is 9.86. The van der Waals surface area contributed by atoms with Crippen LogP contribution < -0.4 is 0 Å². The van der Waals surface area contributed by atoms with Crippen LogP contribution >= 0.6 is 0 Å². The first-order valence-corrected chi connectivity index (χ1v) is 9.73. The molecule has 1 heteroatoms. The van der Waals surface area contributed by atoms with Crippen LogP contribution in [0.1, 0.15) is 26.3 Å². The molecule has 0 aliphatic carbocycles. The summed E-state index contributed by atoms with van der Waals surface area (Å²) < 4.78 is 0. The molecule has 0 saturated heterocycles. The average Bonchev–Trinajstić information content (AvgIpc) is 2.74. The second kappa shape index (κ2) is 7.44. The van der Waals surface area contributed by atoms with Crippen molar-refractivity contribution in [1.29, 1.82) is 0 Å². The standard InChI is InChI=1S/C27H25N/c1-27(2,3)25-16-13-22(14-17-25)21-9-11-23(12-10-21)26-18-15-24(19-28-26)20-7-5-4-6-8-20/h4-19H,1-3H3. The van der Waals surface area contributed by atoms with E-state index in [4.69, 9.17) is 0 Å². The quantitative estimate of drug-likeness (QED) is 0.370. The van der Waals surface area contributed by atoms with Gasteiger partial charge >= 0.3 is 0 Å². The second-order valence-corrected chi connectivity index (χ2v) is 8.20. The minimum Gasteiger partial charge on any atom is -0.256 e. The van der Waals surface area contributed by atoms with Gasteiger partial charge in [0.05, 0.1) is 5.69 Å². The van der Waals surface area contributed by atoms with E-state index in [2.05, 4.69) is 111 Å². The van der Waals surface area contributed by atoms with Gasteiger partial charge in [-0.05, 0) is 33.7 Å². The zero-order valence-electron chi connectivity index (χ0n) is 16.7. The molecule has 4 aromatic rings. The van der Waals surface area contributed by atoms with Crippen molar-refractivity contribution < 1.29 is 0 Å². The van der Waals surface area contributed by atoms with Crippen LogP contribution in [-0.4, -0.2) is 4.98 Å². The van der Waals surface area contributed by atoms with Gasteiger partial charge in [0.15, 0.2) is 0 Å². The largest absolute Gasteiger partial charge is 0.256 e. The van der Waals surface area contributed by atoms with Gasteiger partial charge in [0.1, 0.15) is 0 Å². The number of hydrogen-bond donors (Lipinski definition) is 0. The molecule has 0 N–H and O–H groups in total. The Balaban J connectivity index is 1.55. The molecule has 0 fully saturated rings. The van der Waals surface area contributed by atoms with Gasteiger partial charge in [0.25, 0.3) is 0 Å². The molecule has 1 heterocycles. The topological polar surface area (TPSA) is 12.9 Å². The lowest BCUT2D eigenvalue weighted by molar-refractivity contribution is 0.590. The second-order valence-electron chi connectivity index (χ2n) is 8.20. The van der Waals surface area contributed by atoms with Crippen molar-refractivity contribution in [3.8, 4) is 33.5 Å². The van der Waals surface area contributed by atoms with E-state index in [1.54, 1.807) is 0 Å². The van der Waals surface area contributed by atoms with Crippen molar-refractivity contribution >= 4 is 0 Å². The molecule has 4 rings (SSSR count). The van der Waals surface area contributed by atoms with Crippen molar-refractivity contribution in [1.82, 2.24) is 4.98 Å². The first-order chi connectivity index (χ1) is 13.5. The van der Waals surface area contributed by atoms with Crippen LogP contribution in [0.15, 0.2) is 97.2 Å². The lowest BCUT2D eigenvalue weighted by Gasteiger charge is -2.19.